The van der Waals surface area contributed by atoms with Gasteiger partial charge in [-0.25, -0.2) is 4.79 Å². The van der Waals surface area contributed by atoms with Gasteiger partial charge in [-0.05, 0) is 30.3 Å². The molecule has 1 aromatic heterocycles. The smallest absolute Gasteiger partial charge is 0.343 e. The van der Waals surface area contributed by atoms with Crippen LogP contribution in [0.5, 0.6) is 11.5 Å². The van der Waals surface area contributed by atoms with Gasteiger partial charge in [0.2, 0.25) is 0 Å². The van der Waals surface area contributed by atoms with E-state index in [4.69, 9.17) is 21.1 Å². The monoisotopic (exact) mass is 409 g/mol. The fourth-order valence-corrected chi connectivity index (χ4v) is 3.40. The molecule has 0 aliphatic heterocycles. The molecule has 0 aliphatic carbocycles. The lowest BCUT2D eigenvalue weighted by Gasteiger charge is -2.21. The van der Waals surface area contributed by atoms with E-state index >= 15 is 0 Å². The van der Waals surface area contributed by atoms with Crippen LogP contribution in [-0.2, 0) is 16.1 Å². The first-order chi connectivity index (χ1) is 13.0. The van der Waals surface area contributed by atoms with E-state index in [0.29, 0.717) is 28.7 Å². The van der Waals surface area contributed by atoms with Crippen molar-refractivity contribution in [1.29, 1.82) is 0 Å². The van der Waals surface area contributed by atoms with Crippen LogP contribution in [-0.4, -0.2) is 44.1 Å². The Morgan fingerprint density at radius 3 is 2.59 bits per heavy atom. The number of carbonyl (C=O) groups is 2. The summed E-state index contributed by atoms with van der Waals surface area (Å²) >= 11 is 7.39. The molecule has 0 radical (unpaired) electrons. The molecular weight excluding hydrogens is 390 g/mol. The zero-order valence-corrected chi connectivity index (χ0v) is 16.6. The summed E-state index contributed by atoms with van der Waals surface area (Å²) in [5.74, 6) is -0.0381. The molecule has 8 heteroatoms. The molecule has 0 aliphatic rings. The summed E-state index contributed by atoms with van der Waals surface area (Å²) in [6, 6.07) is 8.48. The Kier molecular flexibility index (Phi) is 7.69. The fourth-order valence-electron chi connectivity index (χ4n) is 2.30. The van der Waals surface area contributed by atoms with E-state index in [0.717, 1.165) is 4.88 Å². The van der Waals surface area contributed by atoms with Crippen molar-refractivity contribution in [2.75, 3.05) is 27.4 Å². The summed E-state index contributed by atoms with van der Waals surface area (Å²) in [7, 11) is 2.75. The molecule has 0 saturated heterocycles. The van der Waals surface area contributed by atoms with Crippen LogP contribution < -0.4 is 9.47 Å². The Morgan fingerprint density at radius 2 is 2.00 bits per heavy atom. The second-order valence-corrected chi connectivity index (χ2v) is 7.21. The van der Waals surface area contributed by atoms with Gasteiger partial charge >= 0.3 is 5.97 Å². The predicted molar refractivity (Wildman–Crippen MR) is 105 cm³/mol. The molecule has 0 bridgehead atoms. The largest absolute Gasteiger partial charge is 0.493 e. The van der Waals surface area contributed by atoms with Crippen LogP contribution in [0.25, 0.3) is 0 Å². The lowest BCUT2D eigenvalue weighted by Crippen LogP contribution is -2.30. The van der Waals surface area contributed by atoms with Gasteiger partial charge in [0.05, 0.1) is 25.1 Å². The van der Waals surface area contributed by atoms with Crippen molar-refractivity contribution in [1.82, 2.24) is 4.90 Å². The molecule has 2 rings (SSSR count). The third-order valence-electron chi connectivity index (χ3n) is 3.60. The highest BCUT2D eigenvalue weighted by Crippen LogP contribution is 2.29. The maximum atomic E-state index is 13.0. The number of benzene rings is 1. The van der Waals surface area contributed by atoms with E-state index in [2.05, 4.69) is 11.3 Å². The normalized spacial score (nSPS) is 10.2. The summed E-state index contributed by atoms with van der Waals surface area (Å²) in [6.07, 6.45) is 1.66. The van der Waals surface area contributed by atoms with Crippen molar-refractivity contribution in [2.24, 2.45) is 0 Å². The summed E-state index contributed by atoms with van der Waals surface area (Å²) in [4.78, 5) is 26.9. The second kappa shape index (κ2) is 9.99. The summed E-state index contributed by atoms with van der Waals surface area (Å²) in [5, 5.41) is 0. The van der Waals surface area contributed by atoms with Gasteiger partial charge in [0.25, 0.3) is 5.91 Å². The molecule has 0 fully saturated rings. The number of nitrogens with zero attached hydrogens (tertiary/aromatic N) is 1. The van der Waals surface area contributed by atoms with Crippen LogP contribution in [0.1, 0.15) is 15.2 Å². The third kappa shape index (κ3) is 5.74. The zero-order valence-electron chi connectivity index (χ0n) is 15.1. The van der Waals surface area contributed by atoms with E-state index in [1.165, 1.54) is 25.6 Å². The highest BCUT2D eigenvalue weighted by Gasteiger charge is 2.19. The Hall–Kier alpha value is -2.51. The maximum absolute atomic E-state index is 13.0. The van der Waals surface area contributed by atoms with E-state index < -0.39 is 5.97 Å². The number of amides is 1. The van der Waals surface area contributed by atoms with Gasteiger partial charge in [-0.3, -0.25) is 4.79 Å². The van der Waals surface area contributed by atoms with E-state index in [1.807, 2.05) is 6.07 Å². The van der Waals surface area contributed by atoms with Crippen LogP contribution in [0, 0.1) is 0 Å². The molecule has 0 spiro atoms. The first kappa shape index (κ1) is 20.8. The predicted octanol–water partition coefficient (Wildman–Crippen LogP) is 3.79. The number of halogens is 1. The lowest BCUT2D eigenvalue weighted by atomic mass is 10.1. The van der Waals surface area contributed by atoms with Crippen LogP contribution in [0.3, 0.4) is 0 Å². The molecule has 0 N–H and O–H groups in total. The molecule has 1 aromatic carbocycles. The highest BCUT2D eigenvalue weighted by atomic mass is 35.5. The van der Waals surface area contributed by atoms with Gasteiger partial charge < -0.3 is 19.1 Å². The number of esters is 1. The van der Waals surface area contributed by atoms with Crippen molar-refractivity contribution in [3.05, 3.63) is 57.8 Å². The summed E-state index contributed by atoms with van der Waals surface area (Å²) < 4.78 is 15.9. The Balaban J connectivity index is 2.23. The van der Waals surface area contributed by atoms with Crippen molar-refractivity contribution < 1.29 is 23.8 Å². The number of hydrogen-bond donors (Lipinski definition) is 0. The first-order valence-corrected chi connectivity index (χ1v) is 9.20. The van der Waals surface area contributed by atoms with E-state index in [9.17, 15) is 9.59 Å². The second-order valence-electron chi connectivity index (χ2n) is 5.41. The highest BCUT2D eigenvalue weighted by molar-refractivity contribution is 7.16. The molecular formula is C19H20ClNO5S. The van der Waals surface area contributed by atoms with Crippen LogP contribution >= 0.6 is 22.9 Å². The first-order valence-electron chi connectivity index (χ1n) is 8.00. The van der Waals surface area contributed by atoms with Crippen molar-refractivity contribution >= 4 is 34.8 Å². The SMILES string of the molecule is C=CCN(Cc1ccc(Cl)s1)C(=O)c1ccc(OC)c(OCC(=O)OC)c1. The number of ether oxygens (including phenoxy) is 3. The van der Waals surface area contributed by atoms with Crippen molar-refractivity contribution in [2.45, 2.75) is 6.54 Å². The van der Waals surface area contributed by atoms with Gasteiger partial charge in [-0.15, -0.1) is 17.9 Å². The fraction of sp³-hybridized carbons (Fsp3) is 0.263. The topological polar surface area (TPSA) is 65.1 Å². The van der Waals surface area contributed by atoms with Gasteiger partial charge in [-0.1, -0.05) is 17.7 Å². The standard InChI is InChI=1S/C19H20ClNO5S/c1-4-9-21(11-14-6-8-17(20)27-14)19(23)13-5-7-15(24-2)16(10-13)26-12-18(22)25-3/h4-8,10H,1,9,11-12H2,2-3H3. The van der Waals surface area contributed by atoms with E-state index in [-0.39, 0.29) is 18.3 Å². The summed E-state index contributed by atoms with van der Waals surface area (Å²) in [6.45, 7) is 4.21. The van der Waals surface area contributed by atoms with Gasteiger partial charge in [0, 0.05) is 17.0 Å². The average Bonchev–Trinajstić information content (AvgIpc) is 3.09. The third-order valence-corrected chi connectivity index (χ3v) is 4.81. The molecule has 2 aromatic rings. The van der Waals surface area contributed by atoms with Crippen molar-refractivity contribution in [3.63, 3.8) is 0 Å². The molecule has 0 atom stereocenters. The Labute approximate surface area is 166 Å². The molecule has 0 saturated carbocycles. The molecule has 0 unspecified atom stereocenters. The maximum Gasteiger partial charge on any atom is 0.343 e. The number of carbonyl (C=O) groups excluding carboxylic acids is 2. The quantitative estimate of drug-likeness (QED) is 0.465. The minimum absolute atomic E-state index is 0.204. The van der Waals surface area contributed by atoms with Crippen LogP contribution in [0.2, 0.25) is 4.34 Å². The van der Waals surface area contributed by atoms with Crippen LogP contribution in [0.4, 0.5) is 0 Å². The van der Waals surface area contributed by atoms with Crippen molar-refractivity contribution in [3.8, 4) is 11.5 Å². The molecule has 144 valence electrons. The minimum atomic E-state index is -0.531. The number of thiophene rings is 1. The molecule has 1 amide bonds. The number of rotatable bonds is 9. The lowest BCUT2D eigenvalue weighted by molar-refractivity contribution is -0.142. The zero-order chi connectivity index (χ0) is 19.8. The van der Waals surface area contributed by atoms with Gasteiger partial charge in [0.1, 0.15) is 0 Å². The number of hydrogen-bond acceptors (Lipinski definition) is 6. The average molecular weight is 410 g/mol. The number of methoxy groups -OCH3 is 2. The Morgan fingerprint density at radius 1 is 1.22 bits per heavy atom. The molecule has 27 heavy (non-hydrogen) atoms. The summed E-state index contributed by atoms with van der Waals surface area (Å²) in [5.41, 5.74) is 0.403. The minimum Gasteiger partial charge on any atom is -0.493 e. The molecule has 6 nitrogen and oxygen atoms in total. The van der Waals surface area contributed by atoms with E-state index in [1.54, 1.807) is 35.2 Å². The van der Waals surface area contributed by atoms with Gasteiger partial charge in [0.15, 0.2) is 18.1 Å². The van der Waals surface area contributed by atoms with Crippen LogP contribution in [0.15, 0.2) is 43.0 Å². The van der Waals surface area contributed by atoms with Gasteiger partial charge in [-0.2, -0.15) is 0 Å². The molecule has 1 heterocycles. The Bertz CT molecular complexity index is 820.